The van der Waals surface area contributed by atoms with Crippen LogP contribution in [0.5, 0.6) is 5.75 Å². The van der Waals surface area contributed by atoms with Gasteiger partial charge in [-0.05, 0) is 83.0 Å². The first-order valence-corrected chi connectivity index (χ1v) is 15.9. The van der Waals surface area contributed by atoms with Crippen LogP contribution in [-0.4, -0.2) is 42.4 Å². The first-order valence-electron chi connectivity index (χ1n) is 14.0. The van der Waals surface area contributed by atoms with E-state index in [2.05, 4.69) is 53.7 Å². The standard InChI is InChI=1S/C34H42N2O3S/c1-25-15-16-32(31(20-25)23-36-18-8-7-9-19-36)39-24-28-12-10-13-29(22-28)27(3)33-30(14-11-17-35-33)21-26(2)34(4,5)40(6,37)38/h10-17,20-22H,3,7-9,18-19,23-24H2,1-2,4-6H3/b26-21+. The lowest BCUT2D eigenvalue weighted by Gasteiger charge is -2.27. The highest BCUT2D eigenvalue weighted by molar-refractivity contribution is 7.92. The van der Waals surface area contributed by atoms with Gasteiger partial charge in [0.2, 0.25) is 0 Å². The third-order valence-electron chi connectivity index (χ3n) is 8.10. The molecule has 0 radical (unpaired) electrons. The molecule has 40 heavy (non-hydrogen) atoms. The number of hydrogen-bond acceptors (Lipinski definition) is 5. The molecule has 0 spiro atoms. The van der Waals surface area contributed by atoms with Gasteiger partial charge in [0.25, 0.3) is 0 Å². The monoisotopic (exact) mass is 558 g/mol. The number of benzene rings is 2. The summed E-state index contributed by atoms with van der Waals surface area (Å²) in [5.41, 5.74) is 7.57. The van der Waals surface area contributed by atoms with Crippen LogP contribution < -0.4 is 4.74 Å². The van der Waals surface area contributed by atoms with Crippen molar-refractivity contribution in [2.75, 3.05) is 19.3 Å². The highest BCUT2D eigenvalue weighted by atomic mass is 32.2. The van der Waals surface area contributed by atoms with Crippen molar-refractivity contribution in [1.29, 1.82) is 0 Å². The fourth-order valence-corrected chi connectivity index (χ4v) is 5.61. The molecule has 1 aliphatic heterocycles. The molecule has 0 bridgehead atoms. The maximum atomic E-state index is 12.4. The van der Waals surface area contributed by atoms with Gasteiger partial charge in [0.15, 0.2) is 9.84 Å². The fourth-order valence-electron chi connectivity index (χ4n) is 4.96. The number of rotatable bonds is 10. The Balaban J connectivity index is 1.54. The van der Waals surface area contributed by atoms with Gasteiger partial charge in [-0.25, -0.2) is 8.42 Å². The molecule has 2 heterocycles. The van der Waals surface area contributed by atoms with Crippen LogP contribution in [0.15, 0.2) is 72.9 Å². The number of sulfone groups is 1. The molecule has 5 nitrogen and oxygen atoms in total. The van der Waals surface area contributed by atoms with Gasteiger partial charge in [-0.3, -0.25) is 9.88 Å². The van der Waals surface area contributed by atoms with Crippen molar-refractivity contribution in [3.05, 3.63) is 106 Å². The largest absolute Gasteiger partial charge is 0.489 e. The molecule has 212 valence electrons. The van der Waals surface area contributed by atoms with Crippen molar-refractivity contribution in [3.63, 3.8) is 0 Å². The van der Waals surface area contributed by atoms with Gasteiger partial charge in [0, 0.05) is 35.7 Å². The van der Waals surface area contributed by atoms with Crippen LogP contribution in [0.2, 0.25) is 0 Å². The van der Waals surface area contributed by atoms with Crippen molar-refractivity contribution < 1.29 is 13.2 Å². The minimum atomic E-state index is -3.28. The molecule has 6 heteroatoms. The molecule has 0 amide bonds. The maximum Gasteiger partial charge on any atom is 0.156 e. The first-order chi connectivity index (χ1) is 19.0. The quantitative estimate of drug-likeness (QED) is 0.262. The summed E-state index contributed by atoms with van der Waals surface area (Å²) in [6.45, 7) is 15.5. The number of hydrogen-bond donors (Lipinski definition) is 0. The molecule has 3 aromatic rings. The van der Waals surface area contributed by atoms with Crippen LogP contribution in [0.1, 0.15) is 73.5 Å². The van der Waals surface area contributed by atoms with Crippen LogP contribution >= 0.6 is 0 Å². The Bertz CT molecular complexity index is 1500. The van der Waals surface area contributed by atoms with Crippen LogP contribution in [0.25, 0.3) is 11.6 Å². The minimum absolute atomic E-state index is 0.452. The summed E-state index contributed by atoms with van der Waals surface area (Å²) in [4.78, 5) is 7.14. The highest BCUT2D eigenvalue weighted by Gasteiger charge is 2.32. The Morgan fingerprint density at radius 1 is 1.07 bits per heavy atom. The summed E-state index contributed by atoms with van der Waals surface area (Å²) >= 11 is 0. The summed E-state index contributed by atoms with van der Waals surface area (Å²) in [6.07, 6.45) is 8.77. The van der Waals surface area contributed by atoms with Crippen molar-refractivity contribution in [1.82, 2.24) is 9.88 Å². The Labute approximate surface area is 240 Å². The van der Waals surface area contributed by atoms with E-state index < -0.39 is 14.6 Å². The lowest BCUT2D eigenvalue weighted by atomic mass is 9.95. The summed E-state index contributed by atoms with van der Waals surface area (Å²) < 4.78 is 30.1. The van der Waals surface area contributed by atoms with Gasteiger partial charge in [-0.2, -0.15) is 0 Å². The van der Waals surface area contributed by atoms with Crippen LogP contribution in [-0.2, 0) is 23.0 Å². The van der Waals surface area contributed by atoms with Crippen molar-refractivity contribution in [2.24, 2.45) is 0 Å². The average Bonchev–Trinajstić information content (AvgIpc) is 2.92. The molecule has 0 saturated carbocycles. The van der Waals surface area contributed by atoms with Gasteiger partial charge in [-0.1, -0.05) is 66.6 Å². The molecule has 0 atom stereocenters. The Morgan fingerprint density at radius 2 is 1.82 bits per heavy atom. The lowest BCUT2D eigenvalue weighted by Crippen LogP contribution is -2.32. The van der Waals surface area contributed by atoms with Crippen molar-refractivity contribution >= 4 is 21.5 Å². The number of aryl methyl sites for hydroxylation is 1. The second-order valence-electron chi connectivity index (χ2n) is 11.5. The van der Waals surface area contributed by atoms with Crippen LogP contribution in [0.3, 0.4) is 0 Å². The molecular formula is C34H42N2O3S. The third-order valence-corrected chi connectivity index (χ3v) is 10.3. The van der Waals surface area contributed by atoms with Gasteiger partial charge >= 0.3 is 0 Å². The number of aromatic nitrogens is 1. The Hall–Kier alpha value is -3.22. The van der Waals surface area contributed by atoms with E-state index in [1.54, 1.807) is 20.0 Å². The van der Waals surface area contributed by atoms with E-state index in [0.717, 1.165) is 58.9 Å². The molecule has 1 aliphatic rings. The van der Waals surface area contributed by atoms with Gasteiger partial charge in [0.05, 0.1) is 10.4 Å². The number of piperidine rings is 1. The second-order valence-corrected chi connectivity index (χ2v) is 14.0. The molecule has 4 rings (SSSR count). The molecule has 1 fully saturated rings. The molecule has 0 aliphatic carbocycles. The smallest absolute Gasteiger partial charge is 0.156 e. The zero-order valence-electron chi connectivity index (χ0n) is 24.5. The number of nitrogens with zero attached hydrogens (tertiary/aromatic N) is 2. The van der Waals surface area contributed by atoms with Gasteiger partial charge < -0.3 is 4.74 Å². The molecule has 2 aromatic carbocycles. The van der Waals surface area contributed by atoms with Crippen LogP contribution in [0, 0.1) is 6.92 Å². The minimum Gasteiger partial charge on any atom is -0.489 e. The van der Waals surface area contributed by atoms with Gasteiger partial charge in [-0.15, -0.1) is 0 Å². The third kappa shape index (κ3) is 7.10. The van der Waals surface area contributed by atoms with E-state index in [0.29, 0.717) is 6.61 Å². The van der Waals surface area contributed by atoms with Crippen LogP contribution in [0.4, 0.5) is 0 Å². The summed E-state index contributed by atoms with van der Waals surface area (Å²) in [6, 6.07) is 18.4. The zero-order chi connectivity index (χ0) is 28.9. The van der Waals surface area contributed by atoms with E-state index in [9.17, 15) is 8.42 Å². The van der Waals surface area contributed by atoms with Crippen molar-refractivity contribution in [3.8, 4) is 5.75 Å². The predicted octanol–water partition coefficient (Wildman–Crippen LogP) is 7.24. The van der Waals surface area contributed by atoms with Crippen molar-refractivity contribution in [2.45, 2.75) is 64.9 Å². The number of pyridine rings is 1. The van der Waals surface area contributed by atoms with E-state index in [1.165, 1.54) is 36.6 Å². The average molecular weight is 559 g/mol. The number of ether oxygens (including phenoxy) is 1. The molecule has 0 unspecified atom stereocenters. The summed E-state index contributed by atoms with van der Waals surface area (Å²) in [5, 5.41) is 0. The highest BCUT2D eigenvalue weighted by Crippen LogP contribution is 2.31. The second kappa shape index (κ2) is 12.5. The van der Waals surface area contributed by atoms with Gasteiger partial charge in [0.1, 0.15) is 12.4 Å². The molecular weight excluding hydrogens is 516 g/mol. The van der Waals surface area contributed by atoms with E-state index >= 15 is 0 Å². The molecule has 1 aromatic heterocycles. The fraction of sp³-hybridized carbons (Fsp3) is 0.382. The maximum absolute atomic E-state index is 12.4. The summed E-state index contributed by atoms with van der Waals surface area (Å²) in [7, 11) is -3.28. The predicted molar refractivity (Wildman–Crippen MR) is 166 cm³/mol. The topological polar surface area (TPSA) is 59.5 Å². The lowest BCUT2D eigenvalue weighted by molar-refractivity contribution is 0.215. The molecule has 1 saturated heterocycles. The normalized spacial score (nSPS) is 15.2. The Morgan fingerprint density at radius 3 is 2.55 bits per heavy atom. The SMILES string of the molecule is C=C(c1cccc(COc2ccc(C)cc2CN2CCCCC2)c1)c1ncccc1/C=C(\C)C(C)(C)S(C)(=O)=O. The molecule has 0 N–H and O–H groups in total. The Kier molecular flexibility index (Phi) is 9.32. The van der Waals surface area contributed by atoms with E-state index in [4.69, 9.17) is 4.74 Å². The van der Waals surface area contributed by atoms with E-state index in [-0.39, 0.29) is 0 Å². The summed E-state index contributed by atoms with van der Waals surface area (Å²) in [5.74, 6) is 0.932. The zero-order valence-corrected chi connectivity index (χ0v) is 25.4. The van der Waals surface area contributed by atoms with E-state index in [1.807, 2.05) is 37.3 Å². The number of likely N-dealkylation sites (tertiary alicyclic amines) is 1. The first kappa shape index (κ1) is 29.8.